The highest BCUT2D eigenvalue weighted by Gasteiger charge is 2.54. The van der Waals surface area contributed by atoms with Gasteiger partial charge >= 0.3 is 0 Å². The molecule has 1 amide bonds. The van der Waals surface area contributed by atoms with Crippen LogP contribution < -0.4 is 15.4 Å². The van der Waals surface area contributed by atoms with Crippen molar-refractivity contribution in [2.75, 3.05) is 11.9 Å². The summed E-state index contributed by atoms with van der Waals surface area (Å²) in [6, 6.07) is 7.62. The second-order valence-corrected chi connectivity index (χ2v) is 8.47. The number of hydrogen-bond acceptors (Lipinski definition) is 3. The smallest absolute Gasteiger partial charge is 0.232 e. The zero-order valence-electron chi connectivity index (χ0n) is 14.7. The molecule has 0 unspecified atom stereocenters. The summed E-state index contributed by atoms with van der Waals surface area (Å²) in [5.41, 5.74) is 0.693. The van der Waals surface area contributed by atoms with E-state index < -0.39 is 0 Å². The van der Waals surface area contributed by atoms with Gasteiger partial charge in [0, 0.05) is 5.69 Å². The fraction of sp³-hybridized carbons (Fsp3) is 0.600. The van der Waals surface area contributed by atoms with Crippen LogP contribution in [0.25, 0.3) is 0 Å². The van der Waals surface area contributed by atoms with Gasteiger partial charge in [-0.2, -0.15) is 0 Å². The van der Waals surface area contributed by atoms with E-state index in [0.717, 1.165) is 48.5 Å². The van der Waals surface area contributed by atoms with E-state index in [1.807, 2.05) is 31.2 Å². The van der Waals surface area contributed by atoms with Gasteiger partial charge in [0.1, 0.15) is 5.75 Å². The first-order valence-electron chi connectivity index (χ1n) is 9.41. The van der Waals surface area contributed by atoms with Crippen molar-refractivity contribution in [2.24, 2.45) is 23.2 Å². The zero-order valence-corrected chi connectivity index (χ0v) is 15.5. The summed E-state index contributed by atoms with van der Waals surface area (Å²) >= 11 is 5.38. The zero-order chi connectivity index (χ0) is 17.4. The average Bonchev–Trinajstić information content (AvgIpc) is 2.55. The van der Waals surface area contributed by atoms with Gasteiger partial charge in [0.05, 0.1) is 12.0 Å². The molecule has 4 bridgehead atoms. The molecule has 0 aliphatic heterocycles. The van der Waals surface area contributed by atoms with Crippen LogP contribution in [0, 0.1) is 23.2 Å². The third-order valence-electron chi connectivity index (χ3n) is 6.17. The second kappa shape index (κ2) is 6.60. The van der Waals surface area contributed by atoms with Gasteiger partial charge in [-0.25, -0.2) is 0 Å². The molecule has 5 heteroatoms. The second-order valence-electron chi connectivity index (χ2n) is 8.06. The highest BCUT2D eigenvalue weighted by Crippen LogP contribution is 2.60. The minimum absolute atomic E-state index is 0.134. The molecule has 2 N–H and O–H groups in total. The van der Waals surface area contributed by atoms with Crippen molar-refractivity contribution in [1.29, 1.82) is 0 Å². The van der Waals surface area contributed by atoms with Gasteiger partial charge in [-0.3, -0.25) is 4.79 Å². The minimum atomic E-state index is -0.167. The molecule has 1 aromatic carbocycles. The van der Waals surface area contributed by atoms with E-state index in [4.69, 9.17) is 17.0 Å². The largest absolute Gasteiger partial charge is 0.494 e. The maximum absolute atomic E-state index is 13.0. The molecule has 134 valence electrons. The maximum atomic E-state index is 13.0. The lowest BCUT2D eigenvalue weighted by molar-refractivity contribution is -0.144. The van der Waals surface area contributed by atoms with E-state index in [1.165, 1.54) is 19.3 Å². The topological polar surface area (TPSA) is 50.4 Å². The number of thiocarbonyl (C=S) groups is 1. The number of anilines is 1. The average molecular weight is 359 g/mol. The van der Waals surface area contributed by atoms with Gasteiger partial charge in [0.25, 0.3) is 0 Å². The summed E-state index contributed by atoms with van der Waals surface area (Å²) in [6.07, 6.45) is 7.16. The van der Waals surface area contributed by atoms with E-state index >= 15 is 0 Å². The SMILES string of the molecule is CCOc1ccc(NC(=S)NC(=O)C23CC4CC(CC(C4)C2)C3)cc1. The highest BCUT2D eigenvalue weighted by atomic mass is 32.1. The molecule has 4 nitrogen and oxygen atoms in total. The summed E-state index contributed by atoms with van der Waals surface area (Å²) in [7, 11) is 0. The van der Waals surface area contributed by atoms with Gasteiger partial charge in [0.15, 0.2) is 5.11 Å². The molecule has 0 aromatic heterocycles. The quantitative estimate of drug-likeness (QED) is 0.795. The molecule has 25 heavy (non-hydrogen) atoms. The summed E-state index contributed by atoms with van der Waals surface area (Å²) in [5, 5.41) is 6.49. The van der Waals surface area contributed by atoms with Crippen molar-refractivity contribution in [3.05, 3.63) is 24.3 Å². The Labute approximate surface area is 154 Å². The first kappa shape index (κ1) is 16.8. The fourth-order valence-corrected chi connectivity index (χ4v) is 5.80. The van der Waals surface area contributed by atoms with Crippen molar-refractivity contribution in [3.8, 4) is 5.75 Å². The standard InChI is InChI=1S/C20H26N2O2S/c1-2-24-17-5-3-16(4-6-17)21-19(25)22-18(23)20-10-13-7-14(11-20)9-15(8-13)12-20/h3-6,13-15H,2,7-12H2,1H3,(H2,21,22,23,25). The summed E-state index contributed by atoms with van der Waals surface area (Å²) in [6.45, 7) is 2.60. The summed E-state index contributed by atoms with van der Waals surface area (Å²) < 4.78 is 5.44. The monoisotopic (exact) mass is 358 g/mol. The molecule has 4 saturated carbocycles. The number of carbonyl (C=O) groups excluding carboxylic acids is 1. The molecule has 4 aliphatic rings. The summed E-state index contributed by atoms with van der Waals surface area (Å²) in [5.74, 6) is 3.23. The van der Waals surface area contributed by atoms with Crippen molar-refractivity contribution in [1.82, 2.24) is 5.32 Å². The first-order valence-corrected chi connectivity index (χ1v) is 9.82. The Hall–Kier alpha value is -1.62. The van der Waals surface area contributed by atoms with Crippen LogP contribution in [0.15, 0.2) is 24.3 Å². The molecular weight excluding hydrogens is 332 g/mol. The van der Waals surface area contributed by atoms with Gasteiger partial charge in [0.2, 0.25) is 5.91 Å². The predicted molar refractivity (Wildman–Crippen MR) is 103 cm³/mol. The van der Waals surface area contributed by atoms with Crippen LogP contribution in [0.5, 0.6) is 5.75 Å². The van der Waals surface area contributed by atoms with Crippen molar-refractivity contribution < 1.29 is 9.53 Å². The molecule has 0 spiro atoms. The number of benzene rings is 1. The molecule has 0 saturated heterocycles. The van der Waals surface area contributed by atoms with Crippen LogP contribution in [-0.4, -0.2) is 17.6 Å². The van der Waals surface area contributed by atoms with Crippen molar-refractivity contribution >= 4 is 28.9 Å². The van der Waals surface area contributed by atoms with Crippen LogP contribution in [0.3, 0.4) is 0 Å². The number of rotatable bonds is 4. The van der Waals surface area contributed by atoms with Gasteiger partial charge in [-0.05, 0) is 99.7 Å². The molecule has 0 heterocycles. The highest BCUT2D eigenvalue weighted by molar-refractivity contribution is 7.80. The number of hydrogen-bond donors (Lipinski definition) is 2. The van der Waals surface area contributed by atoms with E-state index in [-0.39, 0.29) is 11.3 Å². The third kappa shape index (κ3) is 3.39. The summed E-state index contributed by atoms with van der Waals surface area (Å²) in [4.78, 5) is 13.0. The van der Waals surface area contributed by atoms with Gasteiger partial charge < -0.3 is 15.4 Å². The molecule has 1 aromatic rings. The predicted octanol–water partition coefficient (Wildman–Crippen LogP) is 4.11. The Morgan fingerprint density at radius 3 is 2.20 bits per heavy atom. The Morgan fingerprint density at radius 1 is 1.12 bits per heavy atom. The molecule has 0 radical (unpaired) electrons. The normalized spacial score (nSPS) is 32.3. The van der Waals surface area contributed by atoms with Crippen LogP contribution >= 0.6 is 12.2 Å². The van der Waals surface area contributed by atoms with Crippen molar-refractivity contribution in [2.45, 2.75) is 45.4 Å². The Balaban J connectivity index is 1.37. The number of ether oxygens (including phenoxy) is 1. The van der Waals surface area contributed by atoms with E-state index in [9.17, 15) is 4.79 Å². The van der Waals surface area contributed by atoms with Crippen LogP contribution in [0.4, 0.5) is 5.69 Å². The fourth-order valence-electron chi connectivity index (χ4n) is 5.59. The Kier molecular flexibility index (Phi) is 4.44. The van der Waals surface area contributed by atoms with Crippen LogP contribution in [0.2, 0.25) is 0 Å². The molecular formula is C20H26N2O2S. The lowest BCUT2D eigenvalue weighted by Crippen LogP contribution is -2.55. The van der Waals surface area contributed by atoms with E-state index in [0.29, 0.717) is 11.7 Å². The maximum Gasteiger partial charge on any atom is 0.232 e. The number of carbonyl (C=O) groups is 1. The van der Waals surface area contributed by atoms with Crippen molar-refractivity contribution in [3.63, 3.8) is 0 Å². The van der Waals surface area contributed by atoms with E-state index in [1.54, 1.807) is 0 Å². The lowest BCUT2D eigenvalue weighted by Gasteiger charge is -2.55. The molecule has 4 aliphatic carbocycles. The lowest BCUT2D eigenvalue weighted by atomic mass is 9.49. The molecule has 4 fully saturated rings. The Bertz CT molecular complexity index is 635. The molecule has 5 rings (SSSR count). The number of nitrogens with one attached hydrogen (secondary N) is 2. The third-order valence-corrected chi connectivity index (χ3v) is 6.37. The van der Waals surface area contributed by atoms with E-state index in [2.05, 4.69) is 10.6 Å². The molecule has 0 atom stereocenters. The Morgan fingerprint density at radius 2 is 1.68 bits per heavy atom. The van der Waals surface area contributed by atoms with Gasteiger partial charge in [-0.1, -0.05) is 0 Å². The minimum Gasteiger partial charge on any atom is -0.494 e. The van der Waals surface area contributed by atoms with Gasteiger partial charge in [-0.15, -0.1) is 0 Å². The number of amides is 1. The van der Waals surface area contributed by atoms with Crippen LogP contribution in [-0.2, 0) is 4.79 Å². The van der Waals surface area contributed by atoms with Crippen LogP contribution in [0.1, 0.15) is 45.4 Å². The first-order chi connectivity index (χ1) is 12.1.